The summed E-state index contributed by atoms with van der Waals surface area (Å²) in [6, 6.07) is 8.57. The molecule has 1 aromatic heterocycles. The smallest absolute Gasteiger partial charge is 0.238 e. The first-order valence-electron chi connectivity index (χ1n) is 5.30. The second-order valence-corrected chi connectivity index (χ2v) is 3.94. The molecule has 0 atom stereocenters. The van der Waals surface area contributed by atoms with E-state index in [1.807, 2.05) is 0 Å². The van der Waals surface area contributed by atoms with Gasteiger partial charge in [0, 0.05) is 6.20 Å². The van der Waals surface area contributed by atoms with E-state index in [1.165, 1.54) is 7.11 Å². The van der Waals surface area contributed by atoms with Crippen LogP contribution >= 0.6 is 11.6 Å². The lowest BCUT2D eigenvalue weighted by molar-refractivity contribution is 0.280. The maximum atomic E-state index is 9.05. The number of nitrogens with zero attached hydrogens (tertiary/aromatic N) is 1. The van der Waals surface area contributed by atoms with Crippen LogP contribution in [0.2, 0.25) is 5.02 Å². The fraction of sp³-hybridized carbons (Fsp3) is 0.154. The number of halogens is 1. The molecular formula is C13H12ClNO3. The van der Waals surface area contributed by atoms with Crippen LogP contribution in [0.5, 0.6) is 17.4 Å². The van der Waals surface area contributed by atoms with E-state index in [-0.39, 0.29) is 6.61 Å². The topological polar surface area (TPSA) is 51.6 Å². The van der Waals surface area contributed by atoms with Gasteiger partial charge in [-0.1, -0.05) is 17.7 Å². The van der Waals surface area contributed by atoms with Gasteiger partial charge in [-0.25, -0.2) is 4.98 Å². The Labute approximate surface area is 110 Å². The molecule has 0 saturated heterocycles. The lowest BCUT2D eigenvalue weighted by atomic mass is 10.2. The highest BCUT2D eigenvalue weighted by Gasteiger charge is 2.09. The highest BCUT2D eigenvalue weighted by molar-refractivity contribution is 6.31. The molecule has 0 unspecified atom stereocenters. The zero-order chi connectivity index (χ0) is 13.0. The molecule has 5 heteroatoms. The lowest BCUT2D eigenvalue weighted by Gasteiger charge is -2.11. The maximum Gasteiger partial charge on any atom is 0.238 e. The van der Waals surface area contributed by atoms with Crippen molar-refractivity contribution in [2.24, 2.45) is 0 Å². The number of hydrogen-bond donors (Lipinski definition) is 1. The lowest BCUT2D eigenvalue weighted by Crippen LogP contribution is -1.94. The van der Waals surface area contributed by atoms with Gasteiger partial charge in [0.15, 0.2) is 11.5 Å². The first-order chi connectivity index (χ1) is 8.74. The van der Waals surface area contributed by atoms with E-state index in [2.05, 4.69) is 4.98 Å². The van der Waals surface area contributed by atoms with E-state index in [0.717, 1.165) is 5.56 Å². The molecule has 18 heavy (non-hydrogen) atoms. The zero-order valence-electron chi connectivity index (χ0n) is 9.76. The number of aliphatic hydroxyl groups is 1. The summed E-state index contributed by atoms with van der Waals surface area (Å²) < 4.78 is 10.8. The maximum absolute atomic E-state index is 9.05. The van der Waals surface area contributed by atoms with Gasteiger partial charge in [-0.3, -0.25) is 0 Å². The minimum atomic E-state index is -0.0546. The van der Waals surface area contributed by atoms with Crippen molar-refractivity contribution in [1.82, 2.24) is 4.98 Å². The molecule has 0 bridgehead atoms. The van der Waals surface area contributed by atoms with E-state index >= 15 is 0 Å². The van der Waals surface area contributed by atoms with Crippen molar-refractivity contribution < 1.29 is 14.6 Å². The van der Waals surface area contributed by atoms with E-state index in [1.54, 1.807) is 36.5 Å². The van der Waals surface area contributed by atoms with E-state index in [9.17, 15) is 0 Å². The fourth-order valence-corrected chi connectivity index (χ4v) is 1.61. The molecule has 0 amide bonds. The predicted molar refractivity (Wildman–Crippen MR) is 68.2 cm³/mol. The van der Waals surface area contributed by atoms with Gasteiger partial charge in [-0.2, -0.15) is 0 Å². The third-order valence-electron chi connectivity index (χ3n) is 2.34. The van der Waals surface area contributed by atoms with Crippen LogP contribution in [-0.2, 0) is 6.61 Å². The normalized spacial score (nSPS) is 10.2. The van der Waals surface area contributed by atoms with Gasteiger partial charge < -0.3 is 14.6 Å². The van der Waals surface area contributed by atoms with Crippen molar-refractivity contribution in [2.45, 2.75) is 6.61 Å². The van der Waals surface area contributed by atoms with Crippen molar-refractivity contribution in [2.75, 3.05) is 7.11 Å². The fourth-order valence-electron chi connectivity index (χ4n) is 1.45. The van der Waals surface area contributed by atoms with Crippen LogP contribution in [0.25, 0.3) is 0 Å². The Hall–Kier alpha value is -1.78. The molecule has 2 aromatic rings. The summed E-state index contributed by atoms with van der Waals surface area (Å²) in [4.78, 5) is 4.03. The third kappa shape index (κ3) is 2.72. The second-order valence-electron chi connectivity index (χ2n) is 3.54. The first kappa shape index (κ1) is 12.7. The Morgan fingerprint density at radius 2 is 2.11 bits per heavy atom. The predicted octanol–water partition coefficient (Wildman–Crippen LogP) is 3.03. The Balaban J connectivity index is 2.32. The minimum Gasteiger partial charge on any atom is -0.493 e. The monoisotopic (exact) mass is 265 g/mol. The first-order valence-corrected chi connectivity index (χ1v) is 5.68. The van der Waals surface area contributed by atoms with Crippen molar-refractivity contribution >= 4 is 11.6 Å². The number of rotatable bonds is 4. The Morgan fingerprint density at radius 1 is 1.28 bits per heavy atom. The summed E-state index contributed by atoms with van der Waals surface area (Å²) in [5, 5.41) is 9.47. The largest absolute Gasteiger partial charge is 0.493 e. The molecule has 4 nitrogen and oxygen atoms in total. The van der Waals surface area contributed by atoms with Crippen LogP contribution < -0.4 is 9.47 Å². The van der Waals surface area contributed by atoms with Crippen molar-refractivity contribution in [3.05, 3.63) is 47.1 Å². The van der Waals surface area contributed by atoms with Gasteiger partial charge in [0.25, 0.3) is 0 Å². The summed E-state index contributed by atoms with van der Waals surface area (Å²) in [5.74, 6) is 1.33. The van der Waals surface area contributed by atoms with E-state index in [4.69, 9.17) is 26.2 Å². The van der Waals surface area contributed by atoms with Gasteiger partial charge in [0.1, 0.15) is 5.02 Å². The van der Waals surface area contributed by atoms with Gasteiger partial charge in [-0.05, 0) is 29.8 Å². The number of hydrogen-bond acceptors (Lipinski definition) is 4. The number of benzene rings is 1. The summed E-state index contributed by atoms with van der Waals surface area (Å²) >= 11 is 5.96. The average Bonchev–Trinajstić information content (AvgIpc) is 2.41. The highest BCUT2D eigenvalue weighted by Crippen LogP contribution is 2.34. The standard InChI is InChI=1S/C13H12ClNO3/c1-17-12-7-9(8-16)4-5-11(12)18-13-10(14)3-2-6-15-13/h2-7,16H,8H2,1H3. The van der Waals surface area contributed by atoms with Gasteiger partial charge >= 0.3 is 0 Å². The summed E-state index contributed by atoms with van der Waals surface area (Å²) in [7, 11) is 1.53. The molecule has 0 spiro atoms. The SMILES string of the molecule is COc1cc(CO)ccc1Oc1ncccc1Cl. The molecule has 2 rings (SSSR count). The Bertz CT molecular complexity index is 546. The average molecular weight is 266 g/mol. The third-order valence-corrected chi connectivity index (χ3v) is 2.63. The Kier molecular flexibility index (Phi) is 4.02. The van der Waals surface area contributed by atoms with Crippen LogP contribution in [0.15, 0.2) is 36.5 Å². The van der Waals surface area contributed by atoms with Crippen molar-refractivity contribution in [3.8, 4) is 17.4 Å². The van der Waals surface area contributed by atoms with Crippen LogP contribution in [0.3, 0.4) is 0 Å². The molecule has 1 N–H and O–H groups in total. The molecule has 0 aliphatic heterocycles. The number of aliphatic hydroxyl groups excluding tert-OH is 1. The van der Waals surface area contributed by atoms with Gasteiger partial charge in [-0.15, -0.1) is 0 Å². The van der Waals surface area contributed by atoms with Crippen LogP contribution in [-0.4, -0.2) is 17.2 Å². The van der Waals surface area contributed by atoms with Crippen molar-refractivity contribution in [3.63, 3.8) is 0 Å². The second kappa shape index (κ2) is 5.71. The van der Waals surface area contributed by atoms with Crippen LogP contribution in [0, 0.1) is 0 Å². The molecule has 0 fully saturated rings. The zero-order valence-corrected chi connectivity index (χ0v) is 10.5. The summed E-state index contributed by atoms with van der Waals surface area (Å²) in [6.07, 6.45) is 1.59. The number of methoxy groups -OCH3 is 1. The van der Waals surface area contributed by atoms with Crippen LogP contribution in [0.4, 0.5) is 0 Å². The number of ether oxygens (including phenoxy) is 2. The van der Waals surface area contributed by atoms with E-state index in [0.29, 0.717) is 22.4 Å². The molecule has 0 aliphatic carbocycles. The summed E-state index contributed by atoms with van der Waals surface area (Å²) in [6.45, 7) is -0.0546. The summed E-state index contributed by atoms with van der Waals surface area (Å²) in [5.41, 5.74) is 0.742. The minimum absolute atomic E-state index is 0.0546. The van der Waals surface area contributed by atoms with Gasteiger partial charge in [0.2, 0.25) is 5.88 Å². The molecule has 1 heterocycles. The van der Waals surface area contributed by atoms with Crippen molar-refractivity contribution in [1.29, 1.82) is 0 Å². The number of pyridine rings is 1. The molecule has 0 saturated carbocycles. The highest BCUT2D eigenvalue weighted by atomic mass is 35.5. The molecule has 0 radical (unpaired) electrons. The quantitative estimate of drug-likeness (QED) is 0.923. The molecule has 1 aromatic carbocycles. The Morgan fingerprint density at radius 3 is 2.78 bits per heavy atom. The molecular weight excluding hydrogens is 254 g/mol. The van der Waals surface area contributed by atoms with Gasteiger partial charge in [0.05, 0.1) is 13.7 Å². The number of aromatic nitrogens is 1. The molecule has 0 aliphatic rings. The van der Waals surface area contributed by atoms with Crippen LogP contribution in [0.1, 0.15) is 5.56 Å². The molecule has 94 valence electrons. The van der Waals surface area contributed by atoms with E-state index < -0.39 is 0 Å².